The van der Waals surface area contributed by atoms with Gasteiger partial charge in [0.1, 0.15) is 5.69 Å². The first-order valence-electron chi connectivity index (χ1n) is 5.86. The molecule has 5 heteroatoms. The fourth-order valence-electron chi connectivity index (χ4n) is 2.00. The van der Waals surface area contributed by atoms with E-state index in [4.69, 9.17) is 11.6 Å². The summed E-state index contributed by atoms with van der Waals surface area (Å²) in [5, 5.41) is 18.1. The Balaban J connectivity index is 2.63. The fraction of sp³-hybridized carbons (Fsp3) is 0.385. The summed E-state index contributed by atoms with van der Waals surface area (Å²) in [6.45, 7) is 5.99. The van der Waals surface area contributed by atoms with Crippen molar-refractivity contribution in [1.29, 1.82) is 0 Å². The third-order valence-electron chi connectivity index (χ3n) is 2.87. The van der Waals surface area contributed by atoms with Crippen LogP contribution in [-0.4, -0.2) is 20.1 Å². The van der Waals surface area contributed by atoms with Crippen molar-refractivity contribution in [3.8, 4) is 5.69 Å². The summed E-state index contributed by atoms with van der Waals surface area (Å²) in [5.41, 5.74) is 3.50. The molecule has 0 unspecified atom stereocenters. The highest BCUT2D eigenvalue weighted by Gasteiger charge is 2.17. The van der Waals surface area contributed by atoms with Crippen LogP contribution in [-0.2, 0) is 6.61 Å². The number of aromatic nitrogens is 3. The number of hydrogen-bond acceptors (Lipinski definition) is 3. The molecule has 0 aliphatic carbocycles. The van der Waals surface area contributed by atoms with Crippen LogP contribution in [0.4, 0.5) is 0 Å². The van der Waals surface area contributed by atoms with Crippen LogP contribution in [0.1, 0.15) is 36.7 Å². The summed E-state index contributed by atoms with van der Waals surface area (Å²) < 4.78 is 1.76. The highest BCUT2D eigenvalue weighted by molar-refractivity contribution is 6.30. The number of nitrogens with zero attached hydrogens (tertiary/aromatic N) is 3. The molecule has 0 radical (unpaired) electrons. The lowest BCUT2D eigenvalue weighted by atomic mass is 10.1. The smallest absolute Gasteiger partial charge is 0.112 e. The van der Waals surface area contributed by atoms with Crippen molar-refractivity contribution >= 4 is 11.6 Å². The van der Waals surface area contributed by atoms with E-state index in [1.165, 1.54) is 0 Å². The molecule has 1 N–H and O–H groups in total. The molecular formula is C13H16ClN3O. The van der Waals surface area contributed by atoms with E-state index in [-0.39, 0.29) is 12.5 Å². The lowest BCUT2D eigenvalue weighted by Gasteiger charge is -2.12. The Morgan fingerprint density at radius 2 is 2.11 bits per heavy atom. The van der Waals surface area contributed by atoms with Gasteiger partial charge in [-0.3, -0.25) is 0 Å². The molecule has 2 rings (SSSR count). The molecule has 0 aliphatic rings. The maximum atomic E-state index is 9.31. The summed E-state index contributed by atoms with van der Waals surface area (Å²) >= 11 is 6.03. The average Bonchev–Trinajstić information content (AvgIpc) is 2.75. The van der Waals surface area contributed by atoms with Crippen LogP contribution in [0.2, 0.25) is 5.02 Å². The zero-order chi connectivity index (χ0) is 13.3. The Morgan fingerprint density at radius 1 is 1.39 bits per heavy atom. The molecule has 1 aromatic heterocycles. The Hall–Kier alpha value is -1.39. The van der Waals surface area contributed by atoms with Gasteiger partial charge in [0.05, 0.1) is 18.0 Å². The summed E-state index contributed by atoms with van der Waals surface area (Å²) in [6, 6.07) is 5.65. The van der Waals surface area contributed by atoms with Crippen molar-refractivity contribution < 1.29 is 5.11 Å². The minimum absolute atomic E-state index is 0.104. The van der Waals surface area contributed by atoms with E-state index in [1.54, 1.807) is 4.68 Å². The van der Waals surface area contributed by atoms with E-state index in [0.717, 1.165) is 16.9 Å². The predicted molar refractivity (Wildman–Crippen MR) is 71.1 cm³/mol. The first kappa shape index (κ1) is 13.1. The maximum absolute atomic E-state index is 9.31. The number of halogens is 1. The van der Waals surface area contributed by atoms with Crippen LogP contribution in [0.15, 0.2) is 18.2 Å². The third kappa shape index (κ3) is 2.26. The van der Waals surface area contributed by atoms with Crippen molar-refractivity contribution in [2.45, 2.75) is 33.3 Å². The zero-order valence-corrected chi connectivity index (χ0v) is 11.4. The Morgan fingerprint density at radius 3 is 2.72 bits per heavy atom. The molecule has 2 aromatic rings. The molecule has 1 aromatic carbocycles. The minimum Gasteiger partial charge on any atom is -0.390 e. The second-order valence-corrected chi connectivity index (χ2v) is 5.01. The van der Waals surface area contributed by atoms with Crippen molar-refractivity contribution in [1.82, 2.24) is 15.0 Å². The quantitative estimate of drug-likeness (QED) is 0.928. The van der Waals surface area contributed by atoms with Crippen LogP contribution < -0.4 is 0 Å². The van der Waals surface area contributed by atoms with E-state index in [1.807, 2.05) is 39.0 Å². The average molecular weight is 266 g/mol. The maximum Gasteiger partial charge on any atom is 0.112 e. The van der Waals surface area contributed by atoms with Gasteiger partial charge in [-0.1, -0.05) is 36.7 Å². The Kier molecular flexibility index (Phi) is 3.68. The first-order chi connectivity index (χ1) is 8.54. The molecule has 18 heavy (non-hydrogen) atoms. The molecule has 1 heterocycles. The molecular weight excluding hydrogens is 250 g/mol. The summed E-state index contributed by atoms with van der Waals surface area (Å²) in [4.78, 5) is 0. The van der Waals surface area contributed by atoms with Crippen molar-refractivity contribution in [3.63, 3.8) is 0 Å². The number of aliphatic hydroxyl groups is 1. The van der Waals surface area contributed by atoms with Crippen LogP contribution in [0.25, 0.3) is 5.69 Å². The first-order valence-corrected chi connectivity index (χ1v) is 6.24. The Bertz CT molecular complexity index is 563. The molecule has 0 bridgehead atoms. The fourth-order valence-corrected chi connectivity index (χ4v) is 2.17. The zero-order valence-electron chi connectivity index (χ0n) is 10.7. The van der Waals surface area contributed by atoms with E-state index in [2.05, 4.69) is 10.3 Å². The van der Waals surface area contributed by atoms with Gasteiger partial charge in [-0.2, -0.15) is 0 Å². The van der Waals surface area contributed by atoms with Gasteiger partial charge in [0.25, 0.3) is 0 Å². The van der Waals surface area contributed by atoms with Gasteiger partial charge in [0.2, 0.25) is 0 Å². The number of rotatable bonds is 3. The summed E-state index contributed by atoms with van der Waals surface area (Å²) in [7, 11) is 0. The highest BCUT2D eigenvalue weighted by Crippen LogP contribution is 2.25. The molecule has 0 fully saturated rings. The molecule has 0 saturated heterocycles. The van der Waals surface area contributed by atoms with Gasteiger partial charge >= 0.3 is 0 Å². The van der Waals surface area contributed by atoms with E-state index in [9.17, 15) is 5.11 Å². The van der Waals surface area contributed by atoms with Gasteiger partial charge < -0.3 is 5.11 Å². The van der Waals surface area contributed by atoms with Crippen molar-refractivity contribution in [2.24, 2.45) is 0 Å². The van der Waals surface area contributed by atoms with Crippen molar-refractivity contribution in [3.05, 3.63) is 40.2 Å². The summed E-state index contributed by atoms with van der Waals surface area (Å²) in [5.74, 6) is 0.223. The number of benzene rings is 1. The van der Waals surface area contributed by atoms with Gasteiger partial charge in [-0.25, -0.2) is 4.68 Å². The lowest BCUT2D eigenvalue weighted by molar-refractivity contribution is 0.275. The lowest BCUT2D eigenvalue weighted by Crippen LogP contribution is -2.07. The highest BCUT2D eigenvalue weighted by atomic mass is 35.5. The van der Waals surface area contributed by atoms with E-state index < -0.39 is 0 Å². The number of aliphatic hydroxyl groups excluding tert-OH is 1. The van der Waals surface area contributed by atoms with Crippen LogP contribution in [0.5, 0.6) is 0 Å². The number of aryl methyl sites for hydroxylation is 1. The second kappa shape index (κ2) is 5.08. The number of hydrogen-bond donors (Lipinski definition) is 1. The molecule has 0 spiro atoms. The van der Waals surface area contributed by atoms with E-state index >= 15 is 0 Å². The van der Waals surface area contributed by atoms with Crippen molar-refractivity contribution in [2.75, 3.05) is 0 Å². The second-order valence-electron chi connectivity index (χ2n) is 4.58. The summed E-state index contributed by atoms with van der Waals surface area (Å²) in [6.07, 6.45) is 0. The molecule has 96 valence electrons. The van der Waals surface area contributed by atoms with Gasteiger partial charge in [-0.05, 0) is 30.5 Å². The minimum atomic E-state index is -0.104. The van der Waals surface area contributed by atoms with Gasteiger partial charge in [0, 0.05) is 5.02 Å². The largest absolute Gasteiger partial charge is 0.390 e. The Labute approximate surface area is 111 Å². The molecule has 4 nitrogen and oxygen atoms in total. The molecule has 0 aliphatic heterocycles. The SMILES string of the molecule is Cc1ccc(Cl)cc1-n1nnc(CO)c1C(C)C. The third-order valence-corrected chi connectivity index (χ3v) is 3.11. The van der Waals surface area contributed by atoms with E-state index in [0.29, 0.717) is 10.7 Å². The van der Waals surface area contributed by atoms with Crippen LogP contribution in [0.3, 0.4) is 0 Å². The molecule has 0 amide bonds. The normalized spacial score (nSPS) is 11.2. The van der Waals surface area contributed by atoms with Crippen LogP contribution in [0, 0.1) is 6.92 Å². The monoisotopic (exact) mass is 265 g/mol. The van der Waals surface area contributed by atoms with Gasteiger partial charge in [0.15, 0.2) is 0 Å². The molecule has 0 saturated carbocycles. The predicted octanol–water partition coefficient (Wildman–Crippen LogP) is 2.84. The van der Waals surface area contributed by atoms with Crippen LogP contribution >= 0.6 is 11.6 Å². The standard InChI is InChI=1S/C13H16ClN3O/c1-8(2)13-11(7-18)15-16-17(13)12-6-10(14)5-4-9(12)3/h4-6,8,18H,7H2,1-3H3. The van der Waals surface area contributed by atoms with Gasteiger partial charge in [-0.15, -0.1) is 5.10 Å². The topological polar surface area (TPSA) is 50.9 Å². The molecule has 0 atom stereocenters.